The van der Waals surface area contributed by atoms with E-state index >= 15 is 0 Å². The molecule has 1 aromatic rings. The van der Waals surface area contributed by atoms with Gasteiger partial charge in [-0.1, -0.05) is 0 Å². The van der Waals surface area contributed by atoms with E-state index in [9.17, 15) is 14.4 Å². The molecule has 2 amide bonds. The number of ether oxygens (including phenoxy) is 1. The average Bonchev–Trinajstić information content (AvgIpc) is 2.61. The van der Waals surface area contributed by atoms with Gasteiger partial charge in [0, 0.05) is 16.8 Å². The summed E-state index contributed by atoms with van der Waals surface area (Å²) < 4.78 is 5.06. The van der Waals surface area contributed by atoms with E-state index in [4.69, 9.17) is 4.74 Å². The summed E-state index contributed by atoms with van der Waals surface area (Å²) in [5, 5.41) is 5.76. The van der Waals surface area contributed by atoms with Crippen LogP contribution in [0.3, 0.4) is 0 Å². The Labute approximate surface area is 166 Å². The molecule has 0 atom stereocenters. The first-order valence-electron chi connectivity index (χ1n) is 9.79. The minimum atomic E-state index is -0.301. The smallest absolute Gasteiger partial charge is 0.309 e. The molecule has 0 saturated carbocycles. The molecule has 1 aliphatic heterocycles. The average molecular weight is 389 g/mol. The third-order valence-electron chi connectivity index (χ3n) is 4.49. The minimum absolute atomic E-state index is 0.0638. The van der Waals surface area contributed by atoms with Crippen molar-refractivity contribution in [3.63, 3.8) is 0 Å². The van der Waals surface area contributed by atoms with Crippen molar-refractivity contribution in [3.05, 3.63) is 29.8 Å². The lowest BCUT2D eigenvalue weighted by Crippen LogP contribution is -2.41. The quantitative estimate of drug-likeness (QED) is 0.730. The van der Waals surface area contributed by atoms with Crippen LogP contribution in [-0.4, -0.2) is 54.5 Å². The second-order valence-electron chi connectivity index (χ2n) is 8.13. The molecule has 1 aliphatic rings. The fraction of sp³-hybridized carbons (Fsp3) is 0.571. The summed E-state index contributed by atoms with van der Waals surface area (Å²) in [6, 6.07) is 6.84. The van der Waals surface area contributed by atoms with Crippen molar-refractivity contribution in [2.24, 2.45) is 5.92 Å². The molecule has 0 radical (unpaired) electrons. The van der Waals surface area contributed by atoms with Gasteiger partial charge >= 0.3 is 5.97 Å². The van der Waals surface area contributed by atoms with Crippen molar-refractivity contribution >= 4 is 23.5 Å². The lowest BCUT2D eigenvalue weighted by molar-refractivity contribution is -0.149. The maximum Gasteiger partial charge on any atom is 0.309 e. The van der Waals surface area contributed by atoms with Crippen molar-refractivity contribution in [3.8, 4) is 0 Å². The number of esters is 1. The highest BCUT2D eigenvalue weighted by Crippen LogP contribution is 2.19. The van der Waals surface area contributed by atoms with E-state index in [1.807, 2.05) is 25.7 Å². The van der Waals surface area contributed by atoms with Gasteiger partial charge in [-0.3, -0.25) is 19.3 Å². The van der Waals surface area contributed by atoms with Gasteiger partial charge in [0.1, 0.15) is 0 Å². The molecular weight excluding hydrogens is 358 g/mol. The Bertz CT molecular complexity index is 687. The van der Waals surface area contributed by atoms with Gasteiger partial charge in [-0.05, 0) is 77.9 Å². The van der Waals surface area contributed by atoms with Gasteiger partial charge in [0.05, 0.1) is 19.1 Å². The van der Waals surface area contributed by atoms with E-state index in [0.717, 1.165) is 0 Å². The lowest BCUT2D eigenvalue weighted by Gasteiger charge is -2.30. The standard InChI is InChI=1S/C21H31N3O4/c1-5-28-20(27)16-10-12-24(13-11-16)14-18(25)22-17-8-6-15(7-9-17)19(26)23-21(2,3)4/h6-9,16H,5,10-14H2,1-4H3,(H,22,25)(H,23,26). The molecule has 1 heterocycles. The molecule has 1 fully saturated rings. The van der Waals surface area contributed by atoms with Gasteiger partial charge in [-0.25, -0.2) is 0 Å². The summed E-state index contributed by atoms with van der Waals surface area (Å²) in [6.07, 6.45) is 1.42. The van der Waals surface area contributed by atoms with Crippen molar-refractivity contribution in [1.82, 2.24) is 10.2 Å². The second kappa shape index (κ2) is 9.68. The van der Waals surface area contributed by atoms with E-state index in [2.05, 4.69) is 10.6 Å². The normalized spacial score (nSPS) is 15.7. The Kier molecular flexibility index (Phi) is 7.57. The fourth-order valence-corrected chi connectivity index (χ4v) is 3.11. The van der Waals surface area contributed by atoms with Gasteiger partial charge < -0.3 is 15.4 Å². The highest BCUT2D eigenvalue weighted by molar-refractivity contribution is 5.96. The van der Waals surface area contributed by atoms with E-state index in [-0.39, 0.29) is 35.8 Å². The number of hydrogen-bond acceptors (Lipinski definition) is 5. The highest BCUT2D eigenvalue weighted by atomic mass is 16.5. The maximum atomic E-state index is 12.3. The number of benzene rings is 1. The molecule has 28 heavy (non-hydrogen) atoms. The van der Waals surface area contributed by atoms with Crippen LogP contribution in [0.15, 0.2) is 24.3 Å². The molecule has 7 nitrogen and oxygen atoms in total. The first kappa shape index (κ1) is 21.9. The number of carbonyl (C=O) groups is 3. The number of nitrogens with one attached hydrogen (secondary N) is 2. The number of likely N-dealkylation sites (tertiary alicyclic amines) is 1. The molecule has 0 aromatic heterocycles. The zero-order valence-electron chi connectivity index (χ0n) is 17.2. The Morgan fingerprint density at radius 1 is 1.11 bits per heavy atom. The van der Waals surface area contributed by atoms with Crippen LogP contribution in [0.5, 0.6) is 0 Å². The van der Waals surface area contributed by atoms with Gasteiger partial charge in [-0.15, -0.1) is 0 Å². The van der Waals surface area contributed by atoms with Crippen LogP contribution in [0.25, 0.3) is 0 Å². The van der Waals surface area contributed by atoms with E-state index in [1.165, 1.54) is 0 Å². The monoisotopic (exact) mass is 389 g/mol. The summed E-state index contributed by atoms with van der Waals surface area (Å²) in [5.41, 5.74) is 0.901. The maximum absolute atomic E-state index is 12.3. The summed E-state index contributed by atoms with van der Waals surface area (Å²) in [4.78, 5) is 38.2. The number of carbonyl (C=O) groups excluding carboxylic acids is 3. The molecule has 0 unspecified atom stereocenters. The highest BCUT2D eigenvalue weighted by Gasteiger charge is 2.26. The molecule has 7 heteroatoms. The summed E-state index contributed by atoms with van der Waals surface area (Å²) >= 11 is 0. The van der Waals surface area contributed by atoms with Crippen LogP contribution in [0.2, 0.25) is 0 Å². The molecular formula is C21H31N3O4. The van der Waals surface area contributed by atoms with E-state index < -0.39 is 0 Å². The fourth-order valence-electron chi connectivity index (χ4n) is 3.11. The molecule has 154 valence electrons. The van der Waals surface area contributed by atoms with E-state index in [0.29, 0.717) is 43.8 Å². The number of hydrogen-bond donors (Lipinski definition) is 2. The summed E-state index contributed by atoms with van der Waals surface area (Å²) in [5.74, 6) is -0.454. The topological polar surface area (TPSA) is 87.7 Å². The van der Waals surface area contributed by atoms with Crippen molar-refractivity contribution in [2.75, 3.05) is 31.6 Å². The third kappa shape index (κ3) is 6.96. The second-order valence-corrected chi connectivity index (χ2v) is 8.13. The zero-order chi connectivity index (χ0) is 20.7. The molecule has 0 bridgehead atoms. The minimum Gasteiger partial charge on any atom is -0.466 e. The van der Waals surface area contributed by atoms with E-state index in [1.54, 1.807) is 31.2 Å². The van der Waals surface area contributed by atoms with Crippen LogP contribution < -0.4 is 10.6 Å². The molecule has 1 saturated heterocycles. The van der Waals surface area contributed by atoms with Gasteiger partial charge in [0.15, 0.2) is 0 Å². The Hall–Kier alpha value is -2.41. The van der Waals surface area contributed by atoms with Crippen LogP contribution in [0, 0.1) is 5.92 Å². The van der Waals surface area contributed by atoms with Gasteiger partial charge in [0.2, 0.25) is 5.91 Å². The van der Waals surface area contributed by atoms with Gasteiger partial charge in [0.25, 0.3) is 5.91 Å². The van der Waals surface area contributed by atoms with Crippen LogP contribution in [-0.2, 0) is 14.3 Å². The van der Waals surface area contributed by atoms with Crippen molar-refractivity contribution in [2.45, 2.75) is 46.1 Å². The number of amides is 2. The van der Waals surface area contributed by atoms with Crippen LogP contribution in [0.1, 0.15) is 50.9 Å². The lowest BCUT2D eigenvalue weighted by atomic mass is 9.97. The molecule has 0 aliphatic carbocycles. The van der Waals surface area contributed by atoms with Crippen molar-refractivity contribution in [1.29, 1.82) is 0 Å². The number of nitrogens with zero attached hydrogens (tertiary/aromatic N) is 1. The Morgan fingerprint density at radius 2 is 1.71 bits per heavy atom. The van der Waals surface area contributed by atoms with Crippen LogP contribution in [0.4, 0.5) is 5.69 Å². The van der Waals surface area contributed by atoms with Crippen molar-refractivity contribution < 1.29 is 19.1 Å². The predicted molar refractivity (Wildman–Crippen MR) is 108 cm³/mol. The summed E-state index contributed by atoms with van der Waals surface area (Å²) in [6.45, 7) is 9.66. The van der Waals surface area contributed by atoms with Crippen LogP contribution >= 0.6 is 0 Å². The number of piperidine rings is 1. The number of anilines is 1. The largest absolute Gasteiger partial charge is 0.466 e. The number of rotatable bonds is 6. The first-order chi connectivity index (χ1) is 13.2. The Balaban J connectivity index is 1.79. The predicted octanol–water partition coefficient (Wildman–Crippen LogP) is 2.43. The Morgan fingerprint density at radius 3 is 2.25 bits per heavy atom. The SMILES string of the molecule is CCOC(=O)C1CCN(CC(=O)Nc2ccc(C(=O)NC(C)(C)C)cc2)CC1. The third-order valence-corrected chi connectivity index (χ3v) is 4.49. The molecule has 2 rings (SSSR count). The molecule has 0 spiro atoms. The summed E-state index contributed by atoms with van der Waals surface area (Å²) in [7, 11) is 0. The molecule has 2 N–H and O–H groups in total. The molecule has 1 aromatic carbocycles. The van der Waals surface area contributed by atoms with Gasteiger partial charge in [-0.2, -0.15) is 0 Å². The first-order valence-corrected chi connectivity index (χ1v) is 9.79. The zero-order valence-corrected chi connectivity index (χ0v) is 17.2.